The third-order valence-electron chi connectivity index (χ3n) is 3.16. The summed E-state index contributed by atoms with van der Waals surface area (Å²) in [7, 11) is 0. The van der Waals surface area contributed by atoms with Crippen molar-refractivity contribution in [3.8, 4) is 11.6 Å². The highest BCUT2D eigenvalue weighted by Crippen LogP contribution is 2.22. The fourth-order valence-electron chi connectivity index (χ4n) is 2.10. The zero-order valence-corrected chi connectivity index (χ0v) is 10.6. The van der Waals surface area contributed by atoms with E-state index < -0.39 is 11.2 Å². The van der Waals surface area contributed by atoms with Gasteiger partial charge in [0.05, 0.1) is 16.8 Å². The number of hydrogen-bond acceptors (Lipinski definition) is 4. The Morgan fingerprint density at radius 2 is 1.95 bits per heavy atom. The maximum atomic E-state index is 12.0. The predicted molar refractivity (Wildman–Crippen MR) is 74.4 cm³/mol. The van der Waals surface area contributed by atoms with E-state index in [4.69, 9.17) is 0 Å². The van der Waals surface area contributed by atoms with Crippen LogP contribution in [0.4, 0.5) is 0 Å². The molecule has 6 heteroatoms. The normalized spacial score (nSPS) is 10.8. The third-order valence-corrected chi connectivity index (χ3v) is 3.16. The number of aromatic amines is 1. The lowest BCUT2D eigenvalue weighted by atomic mass is 10.2. The number of nitrogens with zero attached hydrogens (tertiary/aromatic N) is 2. The summed E-state index contributed by atoms with van der Waals surface area (Å²) in [5.41, 5.74) is -0.227. The molecular weight excluding hydrogens is 258 g/mol. The van der Waals surface area contributed by atoms with Gasteiger partial charge in [0.2, 0.25) is 5.88 Å². The van der Waals surface area contributed by atoms with Gasteiger partial charge in [0, 0.05) is 11.6 Å². The van der Waals surface area contributed by atoms with Crippen LogP contribution in [0.2, 0.25) is 0 Å². The molecule has 0 unspecified atom stereocenters. The fourth-order valence-corrected chi connectivity index (χ4v) is 2.10. The van der Waals surface area contributed by atoms with E-state index in [0.717, 1.165) is 9.95 Å². The molecule has 0 atom stereocenters. The van der Waals surface area contributed by atoms with Gasteiger partial charge in [-0.05, 0) is 19.1 Å². The monoisotopic (exact) mass is 269 g/mol. The van der Waals surface area contributed by atoms with Crippen molar-refractivity contribution >= 4 is 10.9 Å². The standard InChI is InChI=1S/C14H11N3O3/c1-8-12(18)16-14(20)17(13(8)19)10-6-2-4-9-5-3-7-15-11(9)10/h2-7,19H,1H3,(H,16,18,20). The predicted octanol–water partition coefficient (Wildman–Crippen LogP) is 1.09. The molecule has 1 aromatic carbocycles. The average molecular weight is 269 g/mol. The molecule has 0 aliphatic carbocycles. The molecule has 0 saturated carbocycles. The van der Waals surface area contributed by atoms with Crippen molar-refractivity contribution in [2.45, 2.75) is 6.92 Å². The summed E-state index contributed by atoms with van der Waals surface area (Å²) in [5, 5.41) is 10.9. The van der Waals surface area contributed by atoms with Gasteiger partial charge in [-0.1, -0.05) is 18.2 Å². The number of para-hydroxylation sites is 1. The average Bonchev–Trinajstić information content (AvgIpc) is 2.45. The number of fused-ring (bicyclic) bond motifs is 1. The molecule has 0 bridgehead atoms. The molecule has 0 radical (unpaired) electrons. The van der Waals surface area contributed by atoms with E-state index in [2.05, 4.69) is 9.97 Å². The van der Waals surface area contributed by atoms with Crippen LogP contribution in [0, 0.1) is 6.92 Å². The largest absolute Gasteiger partial charge is 0.494 e. The summed E-state index contributed by atoms with van der Waals surface area (Å²) in [6.45, 7) is 1.45. The minimum Gasteiger partial charge on any atom is -0.494 e. The van der Waals surface area contributed by atoms with Crippen LogP contribution >= 0.6 is 0 Å². The highest BCUT2D eigenvalue weighted by Gasteiger charge is 2.14. The Hall–Kier alpha value is -2.89. The zero-order valence-electron chi connectivity index (χ0n) is 10.6. The summed E-state index contributed by atoms with van der Waals surface area (Å²) in [6.07, 6.45) is 1.60. The maximum Gasteiger partial charge on any atom is 0.335 e. The lowest BCUT2D eigenvalue weighted by molar-refractivity contribution is 0.426. The minimum atomic E-state index is -0.698. The number of hydrogen-bond donors (Lipinski definition) is 2. The van der Waals surface area contributed by atoms with Crippen LogP contribution in [0.3, 0.4) is 0 Å². The Labute approximate surface area is 113 Å². The second-order valence-electron chi connectivity index (χ2n) is 4.40. The molecule has 0 spiro atoms. The number of nitrogens with one attached hydrogen (secondary N) is 1. The molecule has 0 saturated heterocycles. The topological polar surface area (TPSA) is 88.0 Å². The summed E-state index contributed by atoms with van der Waals surface area (Å²) in [4.78, 5) is 29.8. The van der Waals surface area contributed by atoms with Gasteiger partial charge in [0.25, 0.3) is 5.56 Å². The van der Waals surface area contributed by atoms with E-state index in [9.17, 15) is 14.7 Å². The van der Waals surface area contributed by atoms with Crippen molar-refractivity contribution in [3.63, 3.8) is 0 Å². The molecular formula is C14H11N3O3. The van der Waals surface area contributed by atoms with Crippen molar-refractivity contribution in [3.05, 3.63) is 62.9 Å². The van der Waals surface area contributed by atoms with Crippen molar-refractivity contribution in [1.29, 1.82) is 0 Å². The molecule has 3 rings (SSSR count). The number of benzene rings is 1. The Balaban J connectivity index is 2.47. The van der Waals surface area contributed by atoms with Crippen molar-refractivity contribution < 1.29 is 5.11 Å². The van der Waals surface area contributed by atoms with Crippen LogP contribution in [-0.4, -0.2) is 19.6 Å². The lowest BCUT2D eigenvalue weighted by Crippen LogP contribution is -2.30. The fraction of sp³-hybridized carbons (Fsp3) is 0.0714. The summed E-state index contributed by atoms with van der Waals surface area (Å²) in [6, 6.07) is 8.91. The van der Waals surface area contributed by atoms with Gasteiger partial charge in [0.1, 0.15) is 0 Å². The first kappa shape index (κ1) is 12.2. The quantitative estimate of drug-likeness (QED) is 0.692. The first-order chi connectivity index (χ1) is 9.59. The molecule has 100 valence electrons. The Morgan fingerprint density at radius 1 is 1.20 bits per heavy atom. The van der Waals surface area contributed by atoms with Crippen LogP contribution in [0.5, 0.6) is 5.88 Å². The molecule has 3 aromatic rings. The van der Waals surface area contributed by atoms with Crippen LogP contribution in [0.1, 0.15) is 5.56 Å². The van der Waals surface area contributed by atoms with Crippen molar-refractivity contribution in [2.75, 3.05) is 0 Å². The molecule has 2 heterocycles. The number of rotatable bonds is 1. The first-order valence-electron chi connectivity index (χ1n) is 5.98. The minimum absolute atomic E-state index is 0.0811. The smallest absolute Gasteiger partial charge is 0.335 e. The SMILES string of the molecule is Cc1c(O)n(-c2cccc3cccnc23)c(=O)[nH]c1=O. The van der Waals surface area contributed by atoms with Gasteiger partial charge < -0.3 is 5.11 Å². The molecule has 0 amide bonds. The Kier molecular flexibility index (Phi) is 2.64. The van der Waals surface area contributed by atoms with Gasteiger partial charge in [-0.2, -0.15) is 0 Å². The van der Waals surface area contributed by atoms with Gasteiger partial charge in [0.15, 0.2) is 0 Å². The molecule has 0 aliphatic heterocycles. The highest BCUT2D eigenvalue weighted by molar-refractivity contribution is 5.86. The van der Waals surface area contributed by atoms with Crippen LogP contribution in [-0.2, 0) is 0 Å². The van der Waals surface area contributed by atoms with Crippen molar-refractivity contribution in [1.82, 2.24) is 14.5 Å². The molecule has 6 nitrogen and oxygen atoms in total. The van der Waals surface area contributed by atoms with E-state index in [-0.39, 0.29) is 11.4 Å². The molecule has 2 aromatic heterocycles. The zero-order chi connectivity index (χ0) is 14.3. The van der Waals surface area contributed by atoms with E-state index in [1.807, 2.05) is 12.1 Å². The third kappa shape index (κ3) is 1.70. The maximum absolute atomic E-state index is 12.0. The summed E-state index contributed by atoms with van der Waals surface area (Å²) >= 11 is 0. The van der Waals surface area contributed by atoms with Crippen molar-refractivity contribution in [2.24, 2.45) is 0 Å². The van der Waals surface area contributed by atoms with Gasteiger partial charge in [-0.15, -0.1) is 0 Å². The van der Waals surface area contributed by atoms with Gasteiger partial charge >= 0.3 is 5.69 Å². The van der Waals surface area contributed by atoms with E-state index in [1.54, 1.807) is 24.4 Å². The second kappa shape index (κ2) is 4.34. The number of H-pyrrole nitrogens is 1. The van der Waals surface area contributed by atoms with E-state index in [1.165, 1.54) is 6.92 Å². The number of aromatic hydroxyl groups is 1. The molecule has 0 aliphatic rings. The second-order valence-corrected chi connectivity index (χ2v) is 4.40. The first-order valence-corrected chi connectivity index (χ1v) is 5.98. The summed E-state index contributed by atoms with van der Waals surface area (Å²) in [5.74, 6) is -0.378. The van der Waals surface area contributed by atoms with Gasteiger partial charge in [-0.3, -0.25) is 14.8 Å². The van der Waals surface area contributed by atoms with Crippen LogP contribution in [0.15, 0.2) is 46.1 Å². The highest BCUT2D eigenvalue weighted by atomic mass is 16.3. The van der Waals surface area contributed by atoms with Crippen LogP contribution in [0.25, 0.3) is 16.6 Å². The number of aromatic nitrogens is 3. The van der Waals surface area contributed by atoms with Gasteiger partial charge in [-0.25, -0.2) is 9.36 Å². The lowest BCUT2D eigenvalue weighted by Gasteiger charge is -2.11. The molecule has 2 N–H and O–H groups in total. The molecule has 20 heavy (non-hydrogen) atoms. The van der Waals surface area contributed by atoms with E-state index in [0.29, 0.717) is 11.2 Å². The molecule has 0 fully saturated rings. The Bertz CT molecular complexity index is 920. The van der Waals surface area contributed by atoms with Crippen LogP contribution < -0.4 is 11.2 Å². The summed E-state index contributed by atoms with van der Waals surface area (Å²) < 4.78 is 1.05. The van der Waals surface area contributed by atoms with E-state index >= 15 is 0 Å². The Morgan fingerprint density at radius 3 is 2.75 bits per heavy atom. The number of pyridine rings is 1.